The van der Waals surface area contributed by atoms with E-state index in [0.717, 1.165) is 11.3 Å². The van der Waals surface area contributed by atoms with Crippen molar-refractivity contribution in [1.82, 2.24) is 10.2 Å². The number of hydrogen-bond acceptors (Lipinski definition) is 8. The van der Waals surface area contributed by atoms with Crippen LogP contribution in [0.1, 0.15) is 22.0 Å². The number of nitrogens with zero attached hydrogens (tertiary/aromatic N) is 3. The number of carbonyl (C=O) groups excluding carboxylic acids is 1. The number of hydrogen-bond donors (Lipinski definition) is 2. The van der Waals surface area contributed by atoms with Gasteiger partial charge in [-0.1, -0.05) is 24.3 Å². The highest BCUT2D eigenvalue weighted by Gasteiger charge is 2.25. The Kier molecular flexibility index (Phi) is 5.49. The van der Waals surface area contributed by atoms with Crippen LogP contribution in [0.5, 0.6) is 5.75 Å². The zero-order valence-electron chi connectivity index (χ0n) is 16.5. The van der Waals surface area contributed by atoms with Crippen molar-refractivity contribution < 1.29 is 19.4 Å². The van der Waals surface area contributed by atoms with Gasteiger partial charge < -0.3 is 25.2 Å². The summed E-state index contributed by atoms with van der Waals surface area (Å²) in [6.45, 7) is 1.72. The fraction of sp³-hybridized carbons (Fsp3) is 0.227. The number of para-hydroxylation sites is 1. The van der Waals surface area contributed by atoms with Crippen molar-refractivity contribution in [3.05, 3.63) is 65.7 Å². The first-order valence-electron chi connectivity index (χ1n) is 9.53. The normalized spacial score (nSPS) is 16.3. The molecule has 0 bridgehead atoms. The number of nitrogens with two attached hydrogens (primary N) is 1. The van der Waals surface area contributed by atoms with Gasteiger partial charge >= 0.3 is 5.97 Å². The van der Waals surface area contributed by atoms with Crippen LogP contribution in [-0.2, 0) is 9.47 Å². The van der Waals surface area contributed by atoms with E-state index in [0.29, 0.717) is 42.3 Å². The first kappa shape index (κ1) is 19.7. The molecule has 2 aromatic carbocycles. The summed E-state index contributed by atoms with van der Waals surface area (Å²) in [5.74, 6) is 0.0731. The van der Waals surface area contributed by atoms with Gasteiger partial charge in [-0.3, -0.25) is 0 Å². The lowest BCUT2D eigenvalue weighted by Gasteiger charge is -2.35. The number of benzene rings is 2. The molecule has 8 heteroatoms. The molecule has 0 unspecified atom stereocenters. The molecule has 0 radical (unpaired) electrons. The molecule has 3 aromatic rings. The summed E-state index contributed by atoms with van der Waals surface area (Å²) in [5.41, 5.74) is 9.44. The minimum atomic E-state index is -0.375. The van der Waals surface area contributed by atoms with Gasteiger partial charge in [-0.2, -0.15) is 0 Å². The Morgan fingerprint density at radius 1 is 1.20 bits per heavy atom. The predicted molar refractivity (Wildman–Crippen MR) is 112 cm³/mol. The number of nitrogen functional groups attached to an aromatic ring is 1. The summed E-state index contributed by atoms with van der Waals surface area (Å²) < 4.78 is 10.7. The molecule has 4 rings (SSSR count). The predicted octanol–water partition coefficient (Wildman–Crippen LogP) is 2.80. The number of phenolic OH excluding ortho intramolecular Hbond substituents is 1. The maximum atomic E-state index is 11.6. The van der Waals surface area contributed by atoms with Crippen LogP contribution in [-0.4, -0.2) is 48.1 Å². The van der Waals surface area contributed by atoms with Gasteiger partial charge in [0.1, 0.15) is 11.9 Å². The van der Waals surface area contributed by atoms with E-state index in [4.69, 9.17) is 15.2 Å². The van der Waals surface area contributed by atoms with Crippen molar-refractivity contribution in [3.8, 4) is 17.0 Å². The van der Waals surface area contributed by atoms with E-state index in [-0.39, 0.29) is 17.8 Å². The van der Waals surface area contributed by atoms with Gasteiger partial charge in [0.15, 0.2) is 5.82 Å². The van der Waals surface area contributed by atoms with Crippen LogP contribution in [0.3, 0.4) is 0 Å². The summed E-state index contributed by atoms with van der Waals surface area (Å²) in [6, 6.07) is 16.0. The lowest BCUT2D eigenvalue weighted by atomic mass is 10.0. The van der Waals surface area contributed by atoms with Crippen LogP contribution >= 0.6 is 0 Å². The number of anilines is 2. The fourth-order valence-electron chi connectivity index (χ4n) is 3.49. The van der Waals surface area contributed by atoms with Crippen LogP contribution in [0, 0.1) is 0 Å². The van der Waals surface area contributed by atoms with E-state index in [1.165, 1.54) is 7.11 Å². The van der Waals surface area contributed by atoms with Crippen LogP contribution in [0.2, 0.25) is 0 Å². The Morgan fingerprint density at radius 2 is 1.97 bits per heavy atom. The summed E-state index contributed by atoms with van der Waals surface area (Å²) in [5, 5.41) is 18.4. The molecular weight excluding hydrogens is 384 g/mol. The van der Waals surface area contributed by atoms with E-state index < -0.39 is 0 Å². The number of ether oxygens (including phenoxy) is 2. The summed E-state index contributed by atoms with van der Waals surface area (Å²) in [7, 11) is 1.36. The number of phenols is 1. The average Bonchev–Trinajstić information content (AvgIpc) is 2.79. The Balaban J connectivity index is 1.58. The molecule has 1 aliphatic heterocycles. The van der Waals surface area contributed by atoms with Crippen molar-refractivity contribution in [2.75, 3.05) is 37.4 Å². The minimum absolute atomic E-state index is 0.132. The molecule has 1 aliphatic rings. The van der Waals surface area contributed by atoms with E-state index in [1.54, 1.807) is 30.3 Å². The molecule has 30 heavy (non-hydrogen) atoms. The smallest absolute Gasteiger partial charge is 0.337 e. The lowest BCUT2D eigenvalue weighted by molar-refractivity contribution is 0.0397. The number of aromatic hydroxyl groups is 1. The second kappa shape index (κ2) is 8.38. The zero-order chi connectivity index (χ0) is 21.1. The van der Waals surface area contributed by atoms with Crippen LogP contribution in [0.4, 0.5) is 11.5 Å². The maximum Gasteiger partial charge on any atom is 0.337 e. The van der Waals surface area contributed by atoms with E-state index in [2.05, 4.69) is 15.1 Å². The number of rotatable bonds is 4. The van der Waals surface area contributed by atoms with Gasteiger partial charge in [-0.05, 0) is 35.9 Å². The van der Waals surface area contributed by atoms with Crippen molar-refractivity contribution >= 4 is 17.5 Å². The van der Waals surface area contributed by atoms with E-state index >= 15 is 0 Å². The summed E-state index contributed by atoms with van der Waals surface area (Å²) in [4.78, 5) is 13.7. The Labute approximate surface area is 173 Å². The third-order valence-corrected chi connectivity index (χ3v) is 5.09. The second-order valence-electron chi connectivity index (χ2n) is 6.94. The van der Waals surface area contributed by atoms with Gasteiger partial charge in [0.25, 0.3) is 0 Å². The highest BCUT2D eigenvalue weighted by Crippen LogP contribution is 2.33. The molecule has 0 saturated carbocycles. The van der Waals surface area contributed by atoms with Gasteiger partial charge in [-0.25, -0.2) is 4.79 Å². The molecule has 0 spiro atoms. The van der Waals surface area contributed by atoms with Gasteiger partial charge in [0.05, 0.1) is 30.7 Å². The molecule has 3 N–H and O–H groups in total. The highest BCUT2D eigenvalue weighted by molar-refractivity contribution is 5.89. The van der Waals surface area contributed by atoms with Crippen LogP contribution in [0.25, 0.3) is 11.3 Å². The molecule has 1 aromatic heterocycles. The first-order valence-corrected chi connectivity index (χ1v) is 9.53. The molecule has 154 valence electrons. The first-order chi connectivity index (χ1) is 14.6. The van der Waals surface area contributed by atoms with Crippen molar-refractivity contribution in [1.29, 1.82) is 0 Å². The number of esters is 1. The van der Waals surface area contributed by atoms with Crippen molar-refractivity contribution in [3.63, 3.8) is 0 Å². The SMILES string of the molecule is COC(=O)c1ccc([C@H]2CN(c3cc(-c4ccccc4O)nnc3N)CCO2)cc1. The van der Waals surface area contributed by atoms with Gasteiger partial charge in [0, 0.05) is 18.7 Å². The number of carbonyl (C=O) groups is 1. The Morgan fingerprint density at radius 3 is 2.70 bits per heavy atom. The number of aromatic nitrogens is 2. The molecular formula is C22H22N4O4. The van der Waals surface area contributed by atoms with E-state index in [1.807, 2.05) is 24.3 Å². The zero-order valence-corrected chi connectivity index (χ0v) is 16.5. The van der Waals surface area contributed by atoms with Crippen LogP contribution < -0.4 is 10.6 Å². The standard InChI is InChI=1S/C22H22N4O4/c1-29-22(28)15-8-6-14(7-9-15)20-13-26(10-11-30-20)18-12-17(24-25-21(18)23)16-4-2-3-5-19(16)27/h2-9,12,20,27H,10-11,13H2,1H3,(H2,23,25)/t20-/m1/s1. The monoisotopic (exact) mass is 406 g/mol. The van der Waals surface area contributed by atoms with E-state index in [9.17, 15) is 9.90 Å². The maximum absolute atomic E-state index is 11.6. The minimum Gasteiger partial charge on any atom is -0.507 e. The number of methoxy groups -OCH3 is 1. The fourth-order valence-corrected chi connectivity index (χ4v) is 3.49. The summed E-state index contributed by atoms with van der Waals surface area (Å²) in [6.07, 6.45) is -0.188. The lowest BCUT2D eigenvalue weighted by Crippen LogP contribution is -2.39. The molecule has 8 nitrogen and oxygen atoms in total. The number of morpholine rings is 1. The second-order valence-corrected chi connectivity index (χ2v) is 6.94. The average molecular weight is 406 g/mol. The van der Waals surface area contributed by atoms with Gasteiger partial charge in [0.2, 0.25) is 0 Å². The van der Waals surface area contributed by atoms with Crippen LogP contribution in [0.15, 0.2) is 54.6 Å². The molecule has 0 amide bonds. The third-order valence-electron chi connectivity index (χ3n) is 5.09. The van der Waals surface area contributed by atoms with Crippen molar-refractivity contribution in [2.24, 2.45) is 0 Å². The highest BCUT2D eigenvalue weighted by atomic mass is 16.5. The Bertz CT molecular complexity index is 1060. The third kappa shape index (κ3) is 3.90. The summed E-state index contributed by atoms with van der Waals surface area (Å²) >= 11 is 0. The molecule has 1 atom stereocenters. The largest absolute Gasteiger partial charge is 0.507 e. The molecule has 2 heterocycles. The quantitative estimate of drug-likeness (QED) is 0.637. The topological polar surface area (TPSA) is 111 Å². The molecule has 1 fully saturated rings. The van der Waals surface area contributed by atoms with Gasteiger partial charge in [-0.15, -0.1) is 10.2 Å². The van der Waals surface area contributed by atoms with Crippen molar-refractivity contribution in [2.45, 2.75) is 6.10 Å². The Hall–Kier alpha value is -3.65. The molecule has 1 saturated heterocycles. The molecule has 0 aliphatic carbocycles.